The Hall–Kier alpha value is -11.9. The van der Waals surface area contributed by atoms with Gasteiger partial charge in [-0.2, -0.15) is 0 Å². The molecule has 140 heavy (non-hydrogen) atoms. The second-order valence-corrected chi connectivity index (χ2v) is 51.2. The van der Waals surface area contributed by atoms with Crippen molar-refractivity contribution in [3.8, 4) is 23.0 Å². The van der Waals surface area contributed by atoms with Crippen LogP contribution in [0.1, 0.15) is 161 Å². The molecule has 6 aliphatic carbocycles. The van der Waals surface area contributed by atoms with E-state index >= 15 is 0 Å². The predicted molar refractivity (Wildman–Crippen MR) is 546 cm³/mol. The lowest BCUT2D eigenvalue weighted by atomic mass is 9.82. The minimum absolute atomic E-state index is 0.000179. The summed E-state index contributed by atoms with van der Waals surface area (Å²) in [6.45, 7) is 31.4. The summed E-state index contributed by atoms with van der Waals surface area (Å²) in [5.74, 6) is 1.15. The van der Waals surface area contributed by atoms with Crippen LogP contribution in [-0.4, -0.2) is 72.8 Å². The van der Waals surface area contributed by atoms with E-state index in [4.69, 9.17) is 37.9 Å². The summed E-state index contributed by atoms with van der Waals surface area (Å²) >= 11 is 0. The van der Waals surface area contributed by atoms with E-state index in [9.17, 15) is 33.6 Å². The minimum Gasteiger partial charge on any atom is -0.486 e. The standard InChI is InChI=1S/C35H39O4S.C30H35O3S.C29H27O4S.C27H23O4S/c1-34(2,3)22-7-13-25(14-8-22)40(26-15-9-23(10-16-26)35(4,5)6)27-17-11-24(12-18-27)38-33(37)30-21-19-28-29(20-21)32(36)39-31(28)30;1-29(2,3)21-7-13-25(14-8-21)34(26-15-9-22(10-16-26)30(4,5)6)27-17-11-23(12-18-27)33-24-19-28(31)32-20-24;1-17-3-9-21(10-4-17)34(22-11-5-18(2)6-12-22)23-13-7-20(8-14-23)32-29(31)26-19-15-24-25(16-19)28(30)33-27(24)26;28-26-23-16-17-15-22(23)25(31-26)24(17)27(29)30-18-11-13-21(14-12-18)32(19-7-3-1-4-8-19)20-9-5-2-6-10-20/h7-18,21,28-31H,19-20H2,1-6H3;7-18,24H,19-20H2,1-6H3;3-14,19,24-27H,15-16H2,1-2H3;1-14,17,22-25H,15-16H2/q4*+1. The maximum atomic E-state index is 13.2. The first-order valence-electron chi connectivity index (χ1n) is 49.2. The van der Waals surface area contributed by atoms with Crippen LogP contribution in [-0.2, 0) is 118 Å². The number of carbonyl (C=O) groups excluding carboxylic acids is 7. The van der Waals surface area contributed by atoms with Crippen molar-refractivity contribution in [1.82, 2.24) is 0 Å². The highest BCUT2D eigenvalue weighted by atomic mass is 32.2. The van der Waals surface area contributed by atoms with Gasteiger partial charge in [-0.25, -0.2) is 0 Å². The molecule has 6 saturated carbocycles. The Morgan fingerprint density at radius 3 is 0.729 bits per heavy atom. The summed E-state index contributed by atoms with van der Waals surface area (Å²) < 4.78 is 45.0. The maximum Gasteiger partial charge on any atom is 0.318 e. The lowest BCUT2D eigenvalue weighted by Crippen LogP contribution is -2.35. The average molecular weight is 1950 g/mol. The molecule has 19 heteroatoms. The lowest BCUT2D eigenvalue weighted by molar-refractivity contribution is -0.151. The molecule has 6 bridgehead atoms. The summed E-state index contributed by atoms with van der Waals surface area (Å²) in [6.07, 6.45) is 4.18. The Morgan fingerprint density at radius 1 is 0.279 bits per heavy atom. The second kappa shape index (κ2) is 39.9. The lowest BCUT2D eigenvalue weighted by Gasteiger charge is -2.23. The summed E-state index contributed by atoms with van der Waals surface area (Å²) in [5.41, 5.74) is 8.18. The first kappa shape index (κ1) is 97.0. The number of fused-ring (bicyclic) bond motifs is 3. The van der Waals surface area contributed by atoms with Gasteiger partial charge in [0.2, 0.25) is 0 Å². The van der Waals surface area contributed by atoms with Crippen molar-refractivity contribution >= 4 is 85.4 Å². The first-order valence-corrected chi connectivity index (χ1v) is 54.1. The van der Waals surface area contributed by atoms with E-state index in [-0.39, 0.29) is 202 Å². The van der Waals surface area contributed by atoms with Crippen molar-refractivity contribution in [2.45, 2.75) is 247 Å². The fourth-order valence-corrected chi connectivity index (χ4v) is 30.4. The summed E-state index contributed by atoms with van der Waals surface area (Å²) in [5, 5.41) is 0. The van der Waals surface area contributed by atoms with Gasteiger partial charge in [0.05, 0.1) is 85.5 Å². The molecule has 0 radical (unpaired) electrons. The Morgan fingerprint density at radius 2 is 0.500 bits per heavy atom. The van der Waals surface area contributed by atoms with Crippen molar-refractivity contribution < 1.29 is 71.5 Å². The molecule has 4 heterocycles. The summed E-state index contributed by atoms with van der Waals surface area (Å²) in [4.78, 5) is 101. The monoisotopic (exact) mass is 1940 g/mol. The number of carbonyl (C=O) groups is 7. The highest BCUT2D eigenvalue weighted by molar-refractivity contribution is 7.98. The van der Waals surface area contributed by atoms with Crippen molar-refractivity contribution in [3.05, 3.63) is 337 Å². The fraction of sp³-hybridized carbons (Fsp3) is 0.347. The van der Waals surface area contributed by atoms with Crippen LogP contribution < -0.4 is 18.9 Å². The van der Waals surface area contributed by atoms with E-state index in [1.54, 1.807) is 0 Å². The number of ether oxygens (including phenoxy) is 8. The largest absolute Gasteiger partial charge is 0.486 e. The van der Waals surface area contributed by atoms with E-state index in [0.29, 0.717) is 30.3 Å². The Bertz CT molecular complexity index is 6290. The van der Waals surface area contributed by atoms with Gasteiger partial charge in [0.15, 0.2) is 58.7 Å². The predicted octanol–water partition coefficient (Wildman–Crippen LogP) is 24.9. The third kappa shape index (κ3) is 20.7. The van der Waals surface area contributed by atoms with Gasteiger partial charge in [0.25, 0.3) is 0 Å². The smallest absolute Gasteiger partial charge is 0.318 e. The summed E-state index contributed by atoms with van der Waals surface area (Å²) in [7, 11) is -1.05. The molecule has 4 saturated heterocycles. The molecule has 15 nitrogen and oxygen atoms in total. The molecule has 4 aliphatic heterocycles. The average Bonchev–Trinajstić information content (AvgIpc) is 1.57. The highest BCUT2D eigenvalue weighted by Crippen LogP contribution is 2.61. The molecule has 16 atom stereocenters. The van der Waals surface area contributed by atoms with E-state index in [1.165, 1.54) is 87.2 Å². The van der Waals surface area contributed by atoms with E-state index in [2.05, 4.69) is 327 Å². The molecule has 0 spiro atoms. The number of hydrogen-bond acceptors (Lipinski definition) is 15. The van der Waals surface area contributed by atoms with Gasteiger partial charge >= 0.3 is 41.8 Å². The van der Waals surface area contributed by atoms with E-state index in [1.807, 2.05) is 72.8 Å². The number of esters is 7. The van der Waals surface area contributed by atoms with Gasteiger partial charge in [-0.05, 0) is 308 Å². The quantitative estimate of drug-likeness (QED) is 0.0302. The van der Waals surface area contributed by atoms with Gasteiger partial charge in [-0.15, -0.1) is 0 Å². The number of cyclic esters (lactones) is 1. The number of benzene rings is 12. The van der Waals surface area contributed by atoms with E-state index < -0.39 is 0 Å². The van der Waals surface area contributed by atoms with Crippen LogP contribution in [0.15, 0.2) is 362 Å². The molecule has 22 rings (SSSR count). The molecule has 12 aromatic rings. The normalized spacial score (nSPS) is 24.0. The molecule has 16 unspecified atom stereocenters. The number of hydrogen-bond donors (Lipinski definition) is 0. The van der Waals surface area contributed by atoms with Crippen LogP contribution in [0.25, 0.3) is 0 Å². The van der Waals surface area contributed by atoms with Crippen molar-refractivity contribution in [2.75, 3.05) is 6.61 Å². The van der Waals surface area contributed by atoms with Crippen LogP contribution in [0.3, 0.4) is 0 Å². The first-order chi connectivity index (χ1) is 67.1. The third-order valence-corrected chi connectivity index (χ3v) is 38.5. The fourth-order valence-electron chi connectivity index (χ4n) is 22.2. The van der Waals surface area contributed by atoms with Crippen LogP contribution >= 0.6 is 0 Å². The van der Waals surface area contributed by atoms with Crippen LogP contribution in [0, 0.1) is 84.9 Å². The van der Waals surface area contributed by atoms with Crippen molar-refractivity contribution in [3.63, 3.8) is 0 Å². The van der Waals surface area contributed by atoms with Gasteiger partial charge in [0.1, 0.15) is 54.0 Å². The zero-order chi connectivity index (χ0) is 98.0. The van der Waals surface area contributed by atoms with Crippen LogP contribution in [0.2, 0.25) is 0 Å². The van der Waals surface area contributed by atoms with Gasteiger partial charge < -0.3 is 37.9 Å². The Balaban J connectivity index is 0.000000119. The van der Waals surface area contributed by atoms with Crippen molar-refractivity contribution in [1.29, 1.82) is 0 Å². The van der Waals surface area contributed by atoms with E-state index in [0.717, 1.165) is 49.2 Å². The molecule has 718 valence electrons. The zero-order valence-electron chi connectivity index (χ0n) is 82.0. The molecular weight excluding hydrogens is 1820 g/mol. The zero-order valence-corrected chi connectivity index (χ0v) is 85.3. The molecule has 0 aromatic heterocycles. The molecular formula is C121H124O15S4+4. The van der Waals surface area contributed by atoms with Gasteiger partial charge in [-0.1, -0.05) is 203 Å². The van der Waals surface area contributed by atoms with Gasteiger partial charge in [-0.3, -0.25) is 33.6 Å². The maximum absolute atomic E-state index is 13.2. The Kier molecular flexibility index (Phi) is 27.6. The third-order valence-electron chi connectivity index (χ3n) is 29.6. The molecule has 10 aliphatic rings. The van der Waals surface area contributed by atoms with Crippen molar-refractivity contribution in [2.24, 2.45) is 71.0 Å². The van der Waals surface area contributed by atoms with Gasteiger partial charge in [0, 0.05) is 17.8 Å². The summed E-state index contributed by atoms with van der Waals surface area (Å²) in [6, 6.07) is 106. The van der Waals surface area contributed by atoms with Crippen LogP contribution in [0.5, 0.6) is 23.0 Å². The second-order valence-electron chi connectivity index (χ2n) is 43.1. The number of aryl methyl sites for hydroxylation is 2. The molecule has 0 amide bonds. The SMILES string of the molecule is CC(C)(C)c1ccc([S+](c2ccc(OC(=O)C3C4CC5C(=O)OC3C5C4)cc2)c2ccc(C(C)(C)C)cc2)cc1.CC(C)(C)c1ccc([S+](c2ccc(OC3COC(=O)C3)cc2)c2ccc(C(C)(C)C)cc2)cc1.Cc1ccc([S+](c2ccc(C)cc2)c2ccc(OC(=O)C3C4CC5C(=O)OC3C5C4)cc2)cc1.O=C1OC2C3CC(CC13)C2C(=O)Oc1ccc([S+](c2ccccc2)c2ccccc2)cc1. The molecule has 12 aromatic carbocycles. The minimum atomic E-state index is -0.343. The van der Waals surface area contributed by atoms with Crippen LogP contribution in [0.4, 0.5) is 0 Å². The Labute approximate surface area is 834 Å². The molecule has 0 N–H and O–H groups in total. The topological polar surface area (TPSA) is 193 Å². The molecule has 10 fully saturated rings. The highest BCUT2D eigenvalue weighted by Gasteiger charge is 2.67. The number of rotatable bonds is 20.